The van der Waals surface area contributed by atoms with Crippen molar-refractivity contribution in [2.45, 2.75) is 38.9 Å². The Labute approximate surface area is 129 Å². The molecule has 21 heavy (non-hydrogen) atoms. The van der Waals surface area contributed by atoms with Crippen LogP contribution in [0, 0.1) is 0 Å². The van der Waals surface area contributed by atoms with Crippen LogP contribution in [0.25, 0.3) is 5.69 Å². The summed E-state index contributed by atoms with van der Waals surface area (Å²) in [7, 11) is -0.464. The van der Waals surface area contributed by atoms with Crippen molar-refractivity contribution in [1.29, 1.82) is 0 Å². The van der Waals surface area contributed by atoms with Gasteiger partial charge in [-0.15, -0.1) is 0 Å². The molecule has 0 radical (unpaired) electrons. The van der Waals surface area contributed by atoms with Crippen LogP contribution in [0.1, 0.15) is 27.7 Å². The molecule has 1 aliphatic heterocycles. The van der Waals surface area contributed by atoms with Crippen LogP contribution in [0.4, 0.5) is 0 Å². The van der Waals surface area contributed by atoms with E-state index in [-0.39, 0.29) is 11.2 Å². The molecular formula is C14H17BClN3O2. The highest BCUT2D eigenvalue weighted by Crippen LogP contribution is 2.36. The molecule has 1 fully saturated rings. The van der Waals surface area contributed by atoms with E-state index in [9.17, 15) is 0 Å². The zero-order chi connectivity index (χ0) is 15.3. The van der Waals surface area contributed by atoms with E-state index in [4.69, 9.17) is 20.9 Å². The summed E-state index contributed by atoms with van der Waals surface area (Å²) in [5.74, 6) is 0. The highest BCUT2D eigenvalue weighted by atomic mass is 35.5. The lowest BCUT2D eigenvalue weighted by atomic mass is 9.86. The molecule has 3 heterocycles. The molecular weight excluding hydrogens is 288 g/mol. The van der Waals surface area contributed by atoms with Gasteiger partial charge in [0.1, 0.15) is 5.15 Å². The Kier molecular flexibility index (Phi) is 3.35. The van der Waals surface area contributed by atoms with Crippen molar-refractivity contribution in [2.75, 3.05) is 0 Å². The van der Waals surface area contributed by atoms with Crippen molar-refractivity contribution in [2.24, 2.45) is 0 Å². The van der Waals surface area contributed by atoms with Crippen LogP contribution in [-0.4, -0.2) is 32.9 Å². The van der Waals surface area contributed by atoms with Crippen LogP contribution in [-0.2, 0) is 9.31 Å². The third-order valence-electron chi connectivity index (χ3n) is 4.11. The average Bonchev–Trinajstić information content (AvgIpc) is 2.93. The molecule has 0 spiro atoms. The van der Waals surface area contributed by atoms with Gasteiger partial charge in [-0.05, 0) is 39.8 Å². The van der Waals surface area contributed by atoms with Crippen molar-refractivity contribution in [3.8, 4) is 5.69 Å². The van der Waals surface area contributed by atoms with Gasteiger partial charge in [0.2, 0.25) is 0 Å². The molecule has 0 aliphatic carbocycles. The number of hydrogen-bond acceptors (Lipinski definition) is 4. The molecule has 0 unspecified atom stereocenters. The normalized spacial score (nSPS) is 20.0. The maximum Gasteiger partial charge on any atom is 0.516 e. The van der Waals surface area contributed by atoms with E-state index in [0.29, 0.717) is 5.15 Å². The minimum absolute atomic E-state index is 0.374. The van der Waals surface area contributed by atoms with E-state index in [0.717, 1.165) is 11.3 Å². The molecule has 5 nitrogen and oxygen atoms in total. The number of pyridine rings is 1. The summed E-state index contributed by atoms with van der Waals surface area (Å²) in [6, 6.07) is 3.64. The molecule has 3 rings (SSSR count). The molecule has 0 amide bonds. The fourth-order valence-electron chi connectivity index (χ4n) is 2.12. The predicted octanol–water partition coefficient (Wildman–Crippen LogP) is 2.22. The molecule has 7 heteroatoms. The lowest BCUT2D eigenvalue weighted by Gasteiger charge is -2.32. The topological polar surface area (TPSA) is 49.2 Å². The smallest absolute Gasteiger partial charge is 0.398 e. The van der Waals surface area contributed by atoms with Crippen molar-refractivity contribution >= 4 is 24.3 Å². The van der Waals surface area contributed by atoms with Crippen LogP contribution < -0.4 is 5.59 Å². The van der Waals surface area contributed by atoms with Gasteiger partial charge in [0.15, 0.2) is 0 Å². The van der Waals surface area contributed by atoms with Crippen molar-refractivity contribution in [1.82, 2.24) is 14.5 Å². The third-order valence-corrected chi connectivity index (χ3v) is 4.31. The lowest BCUT2D eigenvalue weighted by Crippen LogP contribution is -2.41. The fraction of sp³-hybridized carbons (Fsp3) is 0.429. The first-order chi connectivity index (χ1) is 9.78. The van der Waals surface area contributed by atoms with Gasteiger partial charge in [0.25, 0.3) is 0 Å². The highest BCUT2D eigenvalue weighted by molar-refractivity contribution is 6.61. The molecule has 1 aliphatic rings. The molecule has 0 N–H and O–H groups in total. The van der Waals surface area contributed by atoms with Crippen molar-refractivity contribution in [3.05, 3.63) is 36.0 Å². The Morgan fingerprint density at radius 3 is 2.43 bits per heavy atom. The Morgan fingerprint density at radius 1 is 1.14 bits per heavy atom. The second kappa shape index (κ2) is 4.83. The number of nitrogens with zero attached hydrogens (tertiary/aromatic N) is 3. The lowest BCUT2D eigenvalue weighted by molar-refractivity contribution is 0.00578. The maximum atomic E-state index is 5.99. The van der Waals surface area contributed by atoms with Gasteiger partial charge in [-0.25, -0.2) is 9.97 Å². The summed E-state index contributed by atoms with van der Waals surface area (Å²) in [4.78, 5) is 8.35. The van der Waals surface area contributed by atoms with Crippen LogP contribution in [0.3, 0.4) is 0 Å². The number of hydrogen-bond donors (Lipinski definition) is 0. The minimum atomic E-state index is -0.464. The van der Waals surface area contributed by atoms with E-state index in [1.165, 1.54) is 0 Å². The summed E-state index contributed by atoms with van der Waals surface area (Å²) in [5, 5.41) is 0.443. The number of halogens is 1. The van der Waals surface area contributed by atoms with Gasteiger partial charge in [0.05, 0.1) is 28.8 Å². The van der Waals surface area contributed by atoms with Crippen LogP contribution in [0.5, 0.6) is 0 Å². The Morgan fingerprint density at radius 2 is 1.81 bits per heavy atom. The third kappa shape index (κ3) is 2.59. The first-order valence-corrected chi connectivity index (χ1v) is 7.18. The fourth-order valence-corrected chi connectivity index (χ4v) is 2.29. The zero-order valence-corrected chi connectivity index (χ0v) is 13.3. The highest BCUT2D eigenvalue weighted by Gasteiger charge is 2.52. The summed E-state index contributed by atoms with van der Waals surface area (Å²) in [5.41, 5.74) is 0.884. The summed E-state index contributed by atoms with van der Waals surface area (Å²) < 4.78 is 13.8. The maximum absolute atomic E-state index is 5.99. The van der Waals surface area contributed by atoms with Gasteiger partial charge in [-0.3, -0.25) is 0 Å². The van der Waals surface area contributed by atoms with Gasteiger partial charge >= 0.3 is 7.12 Å². The zero-order valence-electron chi connectivity index (χ0n) is 12.5. The molecule has 0 saturated carbocycles. The molecule has 2 aromatic rings. The summed E-state index contributed by atoms with van der Waals surface area (Å²) in [6.45, 7) is 8.08. The Balaban J connectivity index is 1.87. The largest absolute Gasteiger partial charge is 0.516 e. The van der Waals surface area contributed by atoms with E-state index in [1.54, 1.807) is 18.6 Å². The summed E-state index contributed by atoms with van der Waals surface area (Å²) >= 11 is 5.91. The Hall–Kier alpha value is -1.37. The monoisotopic (exact) mass is 305 g/mol. The predicted molar refractivity (Wildman–Crippen MR) is 82.1 cm³/mol. The van der Waals surface area contributed by atoms with E-state index >= 15 is 0 Å². The molecule has 110 valence electrons. The van der Waals surface area contributed by atoms with E-state index in [2.05, 4.69) is 9.97 Å². The van der Waals surface area contributed by atoms with E-state index in [1.807, 2.05) is 44.5 Å². The first kappa shape index (κ1) is 14.6. The average molecular weight is 306 g/mol. The quantitative estimate of drug-likeness (QED) is 0.630. The van der Waals surface area contributed by atoms with E-state index < -0.39 is 7.12 Å². The van der Waals surface area contributed by atoms with Gasteiger partial charge < -0.3 is 13.9 Å². The molecule has 2 aromatic heterocycles. The molecule has 0 atom stereocenters. The van der Waals surface area contributed by atoms with Gasteiger partial charge in [-0.1, -0.05) is 11.6 Å². The second-order valence-electron chi connectivity index (χ2n) is 6.13. The van der Waals surface area contributed by atoms with Crippen LogP contribution in [0.2, 0.25) is 5.15 Å². The number of aromatic nitrogens is 3. The van der Waals surface area contributed by atoms with Crippen molar-refractivity contribution in [3.63, 3.8) is 0 Å². The standard InChI is InChI=1S/C14H17BClN3O2/c1-13(2)14(3,4)21-15(20-13)11-8-19(9-18-11)10-5-6-17-12(16)7-10/h5-9H,1-4H3. The SMILES string of the molecule is CC1(C)OB(c2cn(-c3ccnc(Cl)c3)cn2)OC1(C)C. The molecule has 0 bridgehead atoms. The van der Waals surface area contributed by atoms with Gasteiger partial charge in [-0.2, -0.15) is 0 Å². The van der Waals surface area contributed by atoms with Gasteiger partial charge in [0, 0.05) is 12.4 Å². The second-order valence-corrected chi connectivity index (χ2v) is 6.52. The first-order valence-electron chi connectivity index (χ1n) is 6.80. The summed E-state index contributed by atoms with van der Waals surface area (Å²) in [6.07, 6.45) is 5.26. The minimum Gasteiger partial charge on any atom is -0.398 e. The number of rotatable bonds is 2. The Bertz CT molecular complexity index is 656. The molecule has 1 saturated heterocycles. The van der Waals surface area contributed by atoms with Crippen LogP contribution >= 0.6 is 11.6 Å². The van der Waals surface area contributed by atoms with Crippen molar-refractivity contribution < 1.29 is 9.31 Å². The molecule has 0 aromatic carbocycles. The number of imidazole rings is 1. The van der Waals surface area contributed by atoms with Crippen LogP contribution in [0.15, 0.2) is 30.9 Å².